The van der Waals surface area contributed by atoms with E-state index >= 15 is 0 Å². The Labute approximate surface area is 154 Å². The lowest BCUT2D eigenvalue weighted by Gasteiger charge is -2.29. The van der Waals surface area contributed by atoms with Crippen LogP contribution in [0.15, 0.2) is 48.5 Å². The molecule has 0 radical (unpaired) electrons. The normalized spacial score (nSPS) is 16.4. The van der Waals surface area contributed by atoms with Crippen LogP contribution in [0.5, 0.6) is 11.5 Å². The summed E-state index contributed by atoms with van der Waals surface area (Å²) in [5.74, 6) is 1.48. The van der Waals surface area contributed by atoms with Gasteiger partial charge in [-0.25, -0.2) is 0 Å². The second kappa shape index (κ2) is 9.09. The van der Waals surface area contributed by atoms with Crippen molar-refractivity contribution in [2.24, 2.45) is 0 Å². The molecule has 0 saturated carbocycles. The molecule has 2 aromatic carbocycles. The Balaban J connectivity index is 1.76. The van der Waals surface area contributed by atoms with Gasteiger partial charge in [0.25, 0.3) is 0 Å². The summed E-state index contributed by atoms with van der Waals surface area (Å²) in [4.78, 5) is 2.41. The van der Waals surface area contributed by atoms with Crippen LogP contribution in [0.3, 0.4) is 0 Å². The molecule has 134 valence electrons. The van der Waals surface area contributed by atoms with Gasteiger partial charge in [0.1, 0.15) is 6.10 Å². The number of ether oxygens (including phenoxy) is 3. The molecule has 0 bridgehead atoms. The lowest BCUT2D eigenvalue weighted by atomic mass is 10.1. The molecule has 1 aliphatic rings. The topological polar surface area (TPSA) is 30.9 Å². The van der Waals surface area contributed by atoms with Crippen molar-refractivity contribution in [3.63, 3.8) is 0 Å². The van der Waals surface area contributed by atoms with Gasteiger partial charge in [0, 0.05) is 31.1 Å². The monoisotopic (exact) mass is 361 g/mol. The number of benzene rings is 2. The van der Waals surface area contributed by atoms with Gasteiger partial charge in [-0.15, -0.1) is 0 Å². The summed E-state index contributed by atoms with van der Waals surface area (Å²) < 4.78 is 17.2. The van der Waals surface area contributed by atoms with Crippen LogP contribution < -0.4 is 9.47 Å². The van der Waals surface area contributed by atoms with E-state index in [4.69, 9.17) is 25.8 Å². The molecule has 1 atom stereocenters. The smallest absolute Gasteiger partial charge is 0.162 e. The SMILES string of the molecule is COc1ccccc1OC(CCN1CCOCC1)c1cccc(Cl)c1. The van der Waals surface area contributed by atoms with Crippen molar-refractivity contribution in [2.45, 2.75) is 12.5 Å². The second-order valence-corrected chi connectivity index (χ2v) is 6.49. The zero-order chi connectivity index (χ0) is 17.5. The average molecular weight is 362 g/mol. The van der Waals surface area contributed by atoms with Gasteiger partial charge < -0.3 is 14.2 Å². The van der Waals surface area contributed by atoms with E-state index in [9.17, 15) is 0 Å². The quantitative estimate of drug-likeness (QED) is 0.739. The Bertz CT molecular complexity index is 673. The maximum Gasteiger partial charge on any atom is 0.162 e. The largest absolute Gasteiger partial charge is 0.493 e. The predicted octanol–water partition coefficient (Wildman–Crippen LogP) is 4.19. The third-order valence-electron chi connectivity index (χ3n) is 4.37. The Morgan fingerprint density at radius 1 is 1.08 bits per heavy atom. The molecule has 1 unspecified atom stereocenters. The lowest BCUT2D eigenvalue weighted by molar-refractivity contribution is 0.0316. The molecule has 1 aliphatic heterocycles. The van der Waals surface area contributed by atoms with E-state index < -0.39 is 0 Å². The molecule has 2 aromatic rings. The third-order valence-corrected chi connectivity index (χ3v) is 4.61. The molecule has 0 N–H and O–H groups in total. The molecular weight excluding hydrogens is 338 g/mol. The van der Waals surface area contributed by atoms with Crippen LogP contribution in [0, 0.1) is 0 Å². The van der Waals surface area contributed by atoms with E-state index in [0.717, 1.165) is 61.4 Å². The van der Waals surface area contributed by atoms with Crippen LogP contribution in [0.2, 0.25) is 5.02 Å². The number of hydrogen-bond donors (Lipinski definition) is 0. The molecule has 0 aliphatic carbocycles. The van der Waals surface area contributed by atoms with E-state index in [0.29, 0.717) is 0 Å². The van der Waals surface area contributed by atoms with Crippen molar-refractivity contribution in [3.8, 4) is 11.5 Å². The van der Waals surface area contributed by atoms with E-state index in [-0.39, 0.29) is 6.10 Å². The third kappa shape index (κ3) is 5.11. The molecule has 1 fully saturated rings. The highest BCUT2D eigenvalue weighted by atomic mass is 35.5. The molecule has 0 amide bonds. The Morgan fingerprint density at radius 3 is 2.56 bits per heavy atom. The molecule has 25 heavy (non-hydrogen) atoms. The zero-order valence-corrected chi connectivity index (χ0v) is 15.2. The van der Waals surface area contributed by atoms with Crippen molar-refractivity contribution in [3.05, 3.63) is 59.1 Å². The van der Waals surface area contributed by atoms with Gasteiger partial charge in [-0.1, -0.05) is 35.9 Å². The first-order chi connectivity index (χ1) is 12.3. The summed E-state index contributed by atoms with van der Waals surface area (Å²) in [5.41, 5.74) is 1.08. The van der Waals surface area contributed by atoms with Crippen LogP contribution in [-0.4, -0.2) is 44.9 Å². The van der Waals surface area contributed by atoms with Gasteiger partial charge in [0.15, 0.2) is 11.5 Å². The number of rotatable bonds is 7. The first-order valence-corrected chi connectivity index (χ1v) is 8.99. The number of para-hydroxylation sites is 2. The van der Waals surface area contributed by atoms with E-state index in [1.807, 2.05) is 42.5 Å². The van der Waals surface area contributed by atoms with Crippen molar-refractivity contribution < 1.29 is 14.2 Å². The summed E-state index contributed by atoms with van der Waals surface area (Å²) in [6.07, 6.45) is 0.788. The molecule has 0 spiro atoms. The number of halogens is 1. The minimum absolute atomic E-state index is 0.0853. The standard InChI is InChI=1S/C20H24ClNO3/c1-23-19-7-2-3-8-20(19)25-18(16-5-4-6-17(21)15-16)9-10-22-11-13-24-14-12-22/h2-8,15,18H,9-14H2,1H3. The first kappa shape index (κ1) is 18.1. The van der Waals surface area contributed by atoms with Gasteiger partial charge >= 0.3 is 0 Å². The molecule has 1 heterocycles. The summed E-state index contributed by atoms with van der Waals surface area (Å²) in [6, 6.07) is 15.6. The highest BCUT2D eigenvalue weighted by Crippen LogP contribution is 2.33. The summed E-state index contributed by atoms with van der Waals surface area (Å²) in [6.45, 7) is 4.49. The molecular formula is C20H24ClNO3. The first-order valence-electron chi connectivity index (χ1n) is 8.61. The van der Waals surface area contributed by atoms with Gasteiger partial charge in [-0.3, -0.25) is 4.90 Å². The second-order valence-electron chi connectivity index (χ2n) is 6.06. The molecule has 4 nitrogen and oxygen atoms in total. The van der Waals surface area contributed by atoms with Crippen molar-refractivity contribution >= 4 is 11.6 Å². The molecule has 1 saturated heterocycles. The minimum Gasteiger partial charge on any atom is -0.493 e. The lowest BCUT2D eigenvalue weighted by Crippen LogP contribution is -2.37. The van der Waals surface area contributed by atoms with Gasteiger partial charge in [-0.05, 0) is 29.8 Å². The fourth-order valence-corrected chi connectivity index (χ4v) is 3.19. The van der Waals surface area contributed by atoms with Crippen LogP contribution in [-0.2, 0) is 4.74 Å². The van der Waals surface area contributed by atoms with Crippen LogP contribution >= 0.6 is 11.6 Å². The van der Waals surface area contributed by atoms with Crippen LogP contribution in [0.25, 0.3) is 0 Å². The Hall–Kier alpha value is -1.75. The maximum atomic E-state index is 6.33. The molecule has 0 aromatic heterocycles. The Kier molecular flexibility index (Phi) is 6.56. The zero-order valence-electron chi connectivity index (χ0n) is 14.5. The van der Waals surface area contributed by atoms with E-state index in [2.05, 4.69) is 11.0 Å². The average Bonchev–Trinajstić information content (AvgIpc) is 2.66. The van der Waals surface area contributed by atoms with Gasteiger partial charge in [0.2, 0.25) is 0 Å². The summed E-state index contributed by atoms with van der Waals surface area (Å²) >= 11 is 6.19. The fourth-order valence-electron chi connectivity index (χ4n) is 2.99. The molecule has 3 rings (SSSR count). The number of nitrogens with zero attached hydrogens (tertiary/aromatic N) is 1. The highest BCUT2D eigenvalue weighted by molar-refractivity contribution is 6.30. The highest BCUT2D eigenvalue weighted by Gasteiger charge is 2.19. The van der Waals surface area contributed by atoms with Gasteiger partial charge in [-0.2, -0.15) is 0 Å². The van der Waals surface area contributed by atoms with Gasteiger partial charge in [0.05, 0.1) is 20.3 Å². The van der Waals surface area contributed by atoms with E-state index in [1.54, 1.807) is 7.11 Å². The summed E-state index contributed by atoms with van der Waals surface area (Å²) in [5, 5.41) is 0.720. The van der Waals surface area contributed by atoms with E-state index in [1.165, 1.54) is 0 Å². The number of hydrogen-bond acceptors (Lipinski definition) is 4. The maximum absolute atomic E-state index is 6.33. The predicted molar refractivity (Wildman–Crippen MR) is 99.7 cm³/mol. The summed E-state index contributed by atoms with van der Waals surface area (Å²) in [7, 11) is 1.66. The number of morpholine rings is 1. The van der Waals surface area contributed by atoms with Crippen LogP contribution in [0.4, 0.5) is 0 Å². The fraction of sp³-hybridized carbons (Fsp3) is 0.400. The Morgan fingerprint density at radius 2 is 1.84 bits per heavy atom. The minimum atomic E-state index is -0.0853. The van der Waals surface area contributed by atoms with Crippen molar-refractivity contribution in [1.82, 2.24) is 4.90 Å². The van der Waals surface area contributed by atoms with Crippen molar-refractivity contribution in [2.75, 3.05) is 40.0 Å². The van der Waals surface area contributed by atoms with Crippen LogP contribution in [0.1, 0.15) is 18.1 Å². The number of methoxy groups -OCH3 is 1. The molecule has 5 heteroatoms. The van der Waals surface area contributed by atoms with Crippen molar-refractivity contribution in [1.29, 1.82) is 0 Å².